The minimum atomic E-state index is -0.323. The molecule has 0 aliphatic rings. The van der Waals surface area contributed by atoms with Gasteiger partial charge in [-0.1, -0.05) is 37.6 Å². The highest BCUT2D eigenvalue weighted by atomic mass is 35.5. The number of benzene rings is 3. The van der Waals surface area contributed by atoms with Gasteiger partial charge in [0.1, 0.15) is 30.3 Å². The molecule has 0 unspecified atom stereocenters. The summed E-state index contributed by atoms with van der Waals surface area (Å²) in [5.74, 6) is 0.553. The number of rotatable bonds is 14. The van der Waals surface area contributed by atoms with Crippen molar-refractivity contribution in [2.45, 2.75) is 26.9 Å². The lowest BCUT2D eigenvalue weighted by atomic mass is 10.1. The number of nitrogens with zero attached hydrogens (tertiary/aromatic N) is 4. The average molecular weight is 631 g/mol. The minimum Gasteiger partial charge on any atom is -0.487 e. The third kappa shape index (κ3) is 7.96. The van der Waals surface area contributed by atoms with Gasteiger partial charge in [-0.2, -0.15) is 0 Å². The molecular formula is C34H36ClFN6O3. The number of hydrogen-bond acceptors (Lipinski definition) is 7. The number of amides is 1. The number of carbonyl (C=O) groups is 1. The predicted molar refractivity (Wildman–Crippen MR) is 175 cm³/mol. The number of hydrogen-bond donors (Lipinski definition) is 3. The van der Waals surface area contributed by atoms with Crippen LogP contribution in [0.15, 0.2) is 79.4 Å². The van der Waals surface area contributed by atoms with Crippen LogP contribution >= 0.6 is 11.6 Å². The summed E-state index contributed by atoms with van der Waals surface area (Å²) >= 11 is 6.52. The fourth-order valence-corrected chi connectivity index (χ4v) is 5.29. The van der Waals surface area contributed by atoms with Gasteiger partial charge in [-0.3, -0.25) is 4.79 Å². The standard InChI is InChI=1S/C34H36ClFN6O3/c1-3-41(4-2)14-13-37-34(44)29-20-42(19-24(29)12-15-43)27-9-10-31-28(18-27)33(39-22-38-31)40-26-8-11-32(30(35)17-26)45-21-23-6-5-7-25(36)16-23/h5-11,16-20,22,43H,3-4,12-15,21H2,1-2H3,(H,37,44)(H,38,39,40). The normalized spacial score (nSPS) is 11.2. The Morgan fingerprint density at radius 2 is 1.91 bits per heavy atom. The summed E-state index contributed by atoms with van der Waals surface area (Å²) < 4.78 is 21.2. The molecule has 9 nitrogen and oxygen atoms in total. The first-order valence-corrected chi connectivity index (χ1v) is 15.3. The first-order chi connectivity index (χ1) is 21.9. The smallest absolute Gasteiger partial charge is 0.253 e. The van der Waals surface area contributed by atoms with Gasteiger partial charge in [-0.05, 0) is 79.2 Å². The van der Waals surface area contributed by atoms with E-state index in [1.165, 1.54) is 18.5 Å². The third-order valence-corrected chi connectivity index (χ3v) is 7.83. The van der Waals surface area contributed by atoms with Crippen LogP contribution < -0.4 is 15.4 Å². The second-order valence-electron chi connectivity index (χ2n) is 10.5. The topological polar surface area (TPSA) is 105 Å². The van der Waals surface area contributed by atoms with Crippen LogP contribution in [0, 0.1) is 5.82 Å². The van der Waals surface area contributed by atoms with E-state index in [-0.39, 0.29) is 24.9 Å². The molecule has 5 aromatic rings. The molecular weight excluding hydrogens is 595 g/mol. The Balaban J connectivity index is 1.35. The van der Waals surface area contributed by atoms with Gasteiger partial charge in [0.25, 0.3) is 5.91 Å². The average Bonchev–Trinajstić information content (AvgIpc) is 3.47. The zero-order valence-corrected chi connectivity index (χ0v) is 26.0. The van der Waals surface area contributed by atoms with Gasteiger partial charge < -0.3 is 29.9 Å². The molecule has 0 atom stereocenters. The molecule has 0 saturated carbocycles. The molecule has 5 rings (SSSR count). The van der Waals surface area contributed by atoms with Crippen molar-refractivity contribution in [3.63, 3.8) is 0 Å². The molecule has 45 heavy (non-hydrogen) atoms. The Morgan fingerprint density at radius 1 is 1.07 bits per heavy atom. The van der Waals surface area contributed by atoms with Crippen LogP contribution in [-0.4, -0.2) is 63.2 Å². The number of anilines is 2. The summed E-state index contributed by atoms with van der Waals surface area (Å²) in [6.07, 6.45) is 5.50. The summed E-state index contributed by atoms with van der Waals surface area (Å²) in [6.45, 7) is 7.46. The second kappa shape index (κ2) is 15.0. The fourth-order valence-electron chi connectivity index (χ4n) is 5.06. The van der Waals surface area contributed by atoms with E-state index in [0.29, 0.717) is 46.4 Å². The van der Waals surface area contributed by atoms with Crippen molar-refractivity contribution in [3.05, 3.63) is 107 Å². The highest BCUT2D eigenvalue weighted by Crippen LogP contribution is 2.32. The summed E-state index contributed by atoms with van der Waals surface area (Å²) in [7, 11) is 0. The van der Waals surface area contributed by atoms with E-state index in [2.05, 4.69) is 39.3 Å². The van der Waals surface area contributed by atoms with E-state index in [0.717, 1.165) is 41.8 Å². The van der Waals surface area contributed by atoms with Crippen LogP contribution in [0.2, 0.25) is 5.02 Å². The van der Waals surface area contributed by atoms with Gasteiger partial charge in [0.2, 0.25) is 0 Å². The van der Waals surface area contributed by atoms with Crippen molar-refractivity contribution < 1.29 is 19.0 Å². The maximum atomic E-state index is 13.5. The Morgan fingerprint density at radius 3 is 2.67 bits per heavy atom. The molecule has 2 aromatic heterocycles. The summed E-state index contributed by atoms with van der Waals surface area (Å²) in [5, 5.41) is 17.2. The van der Waals surface area contributed by atoms with Gasteiger partial charge in [0.05, 0.1) is 16.1 Å². The predicted octanol–water partition coefficient (Wildman–Crippen LogP) is 6.14. The molecule has 2 heterocycles. The van der Waals surface area contributed by atoms with E-state index in [4.69, 9.17) is 16.3 Å². The molecule has 0 bridgehead atoms. The van der Waals surface area contributed by atoms with Crippen molar-refractivity contribution in [1.29, 1.82) is 0 Å². The van der Waals surface area contributed by atoms with Crippen LogP contribution in [0.5, 0.6) is 5.75 Å². The fraction of sp³-hybridized carbons (Fsp3) is 0.265. The Hall–Kier alpha value is -4.51. The molecule has 0 radical (unpaired) electrons. The van der Waals surface area contributed by atoms with Crippen LogP contribution in [0.3, 0.4) is 0 Å². The molecule has 11 heteroatoms. The number of halogens is 2. The maximum Gasteiger partial charge on any atom is 0.253 e. The van der Waals surface area contributed by atoms with Crippen molar-refractivity contribution in [2.24, 2.45) is 0 Å². The Kier molecular flexibility index (Phi) is 10.6. The van der Waals surface area contributed by atoms with Crippen molar-refractivity contribution >= 4 is 39.9 Å². The second-order valence-corrected chi connectivity index (χ2v) is 10.9. The SMILES string of the molecule is CCN(CC)CCNC(=O)c1cn(-c2ccc3ncnc(Nc4ccc(OCc5cccc(F)c5)c(Cl)c4)c3c2)cc1CCO. The molecule has 0 fully saturated rings. The summed E-state index contributed by atoms with van der Waals surface area (Å²) in [5.41, 5.74) is 4.22. The van der Waals surface area contributed by atoms with Gasteiger partial charge in [0.15, 0.2) is 0 Å². The molecule has 0 aliphatic carbocycles. The largest absolute Gasteiger partial charge is 0.487 e. The number of carbonyl (C=O) groups excluding carboxylic acids is 1. The molecule has 0 aliphatic heterocycles. The zero-order chi connectivity index (χ0) is 31.8. The lowest BCUT2D eigenvalue weighted by molar-refractivity contribution is 0.0948. The molecule has 0 saturated heterocycles. The Labute approximate surface area is 266 Å². The number of nitrogens with one attached hydrogen (secondary N) is 2. The van der Waals surface area contributed by atoms with E-state index in [9.17, 15) is 14.3 Å². The molecule has 3 N–H and O–H groups in total. The minimum absolute atomic E-state index is 0.0689. The van der Waals surface area contributed by atoms with Crippen LogP contribution in [0.25, 0.3) is 16.6 Å². The zero-order valence-electron chi connectivity index (χ0n) is 25.3. The number of ether oxygens (including phenoxy) is 1. The highest BCUT2D eigenvalue weighted by molar-refractivity contribution is 6.32. The number of likely N-dealkylation sites (N-methyl/N-ethyl adjacent to an activating group) is 1. The lowest BCUT2D eigenvalue weighted by Gasteiger charge is -2.17. The van der Waals surface area contributed by atoms with Gasteiger partial charge in [-0.25, -0.2) is 14.4 Å². The molecule has 1 amide bonds. The van der Waals surface area contributed by atoms with E-state index >= 15 is 0 Å². The Bertz CT molecular complexity index is 1770. The number of fused-ring (bicyclic) bond motifs is 1. The van der Waals surface area contributed by atoms with Crippen molar-refractivity contribution in [3.8, 4) is 11.4 Å². The number of aromatic nitrogens is 3. The van der Waals surface area contributed by atoms with Gasteiger partial charge in [0, 0.05) is 48.9 Å². The maximum absolute atomic E-state index is 13.5. The third-order valence-electron chi connectivity index (χ3n) is 7.54. The first kappa shape index (κ1) is 31.9. The van der Waals surface area contributed by atoms with Crippen LogP contribution in [0.4, 0.5) is 15.9 Å². The number of aliphatic hydroxyl groups excluding tert-OH is 1. The summed E-state index contributed by atoms with van der Waals surface area (Å²) in [4.78, 5) is 24.2. The first-order valence-electron chi connectivity index (χ1n) is 14.9. The van der Waals surface area contributed by atoms with Crippen LogP contribution in [-0.2, 0) is 13.0 Å². The molecule has 3 aromatic carbocycles. The highest BCUT2D eigenvalue weighted by Gasteiger charge is 2.16. The lowest BCUT2D eigenvalue weighted by Crippen LogP contribution is -2.35. The van der Waals surface area contributed by atoms with Crippen molar-refractivity contribution in [1.82, 2.24) is 24.8 Å². The molecule has 0 spiro atoms. The van der Waals surface area contributed by atoms with E-state index in [1.54, 1.807) is 30.5 Å². The number of aliphatic hydroxyl groups is 1. The van der Waals surface area contributed by atoms with Gasteiger partial charge in [-0.15, -0.1) is 0 Å². The van der Waals surface area contributed by atoms with Crippen LogP contribution in [0.1, 0.15) is 35.3 Å². The van der Waals surface area contributed by atoms with Crippen molar-refractivity contribution in [2.75, 3.05) is 38.1 Å². The van der Waals surface area contributed by atoms with E-state index < -0.39 is 0 Å². The quantitative estimate of drug-likeness (QED) is 0.135. The van der Waals surface area contributed by atoms with Gasteiger partial charge >= 0.3 is 0 Å². The van der Waals surface area contributed by atoms with E-state index in [1.807, 2.05) is 35.0 Å². The monoisotopic (exact) mass is 630 g/mol. The molecule has 234 valence electrons. The summed E-state index contributed by atoms with van der Waals surface area (Å²) in [6, 6.07) is 17.3.